The van der Waals surface area contributed by atoms with Crippen molar-refractivity contribution < 1.29 is 9.85 Å². The molecular weight excluding hydrogens is 590 g/mol. The van der Waals surface area contributed by atoms with Crippen LogP contribution in [0.5, 0.6) is 0 Å². The third-order valence-corrected chi connectivity index (χ3v) is 9.84. The maximum absolute atomic E-state index is 11.4. The lowest BCUT2D eigenvalue weighted by atomic mass is 9.69. The van der Waals surface area contributed by atoms with Gasteiger partial charge in [-0.05, 0) is 83.6 Å². The number of unbranched alkanes of at least 4 members (excludes halogenated alkanes) is 1. The summed E-state index contributed by atoms with van der Waals surface area (Å²) in [5, 5.41) is 22.6. The van der Waals surface area contributed by atoms with Crippen molar-refractivity contribution in [2.45, 2.75) is 139 Å². The Morgan fingerprint density at radius 2 is 1.00 bits per heavy atom. The molecule has 3 heterocycles. The molecular formula is C31H71N11O4. The highest BCUT2D eigenvalue weighted by Gasteiger charge is 2.59. The third kappa shape index (κ3) is 14.7. The molecule has 0 aromatic rings. The van der Waals surface area contributed by atoms with Crippen molar-refractivity contribution in [2.75, 3.05) is 52.4 Å². The monoisotopic (exact) mass is 662 g/mol. The largest absolute Gasteiger partial charge is 0.330 e. The van der Waals surface area contributed by atoms with Crippen LogP contribution in [0, 0.1) is 26.1 Å². The molecule has 16 N–H and O–H groups in total. The highest BCUT2D eigenvalue weighted by Crippen LogP contribution is 2.44. The molecule has 15 heteroatoms. The molecule has 0 spiro atoms. The van der Waals surface area contributed by atoms with Crippen molar-refractivity contribution in [3.05, 3.63) is 20.2 Å². The summed E-state index contributed by atoms with van der Waals surface area (Å²) in [5.41, 5.74) is 42.8. The first-order chi connectivity index (χ1) is 22.0. The van der Waals surface area contributed by atoms with Crippen LogP contribution in [-0.2, 0) is 0 Å². The standard InChI is InChI=1S/C11H26N2.C10H21N5O2.C10H24N4O2/c1-2-3-6-11(7-4-9-12)8-5-10-13;11-4-7-1-10(15(16)17)2-8(5-12)14(7)9(3-10)6-13;11-7-1-4-10(14(15)16,5-2-8-12)6-3-9-13/h11H,2-10,12-13H2,1H3;7-9H,1-6,11-13H2;1-9,11-13H2/t;7-,8?,9?,10?;/m.1./s1. The van der Waals surface area contributed by atoms with Crippen LogP contribution in [-0.4, -0.2) is 96.3 Å². The van der Waals surface area contributed by atoms with Gasteiger partial charge >= 0.3 is 0 Å². The van der Waals surface area contributed by atoms with E-state index in [0.717, 1.165) is 19.0 Å². The molecule has 0 radical (unpaired) electrons. The fourth-order valence-corrected chi connectivity index (χ4v) is 7.30. The van der Waals surface area contributed by atoms with Crippen LogP contribution in [0.3, 0.4) is 0 Å². The van der Waals surface area contributed by atoms with E-state index < -0.39 is 11.1 Å². The van der Waals surface area contributed by atoms with Gasteiger partial charge in [0.25, 0.3) is 0 Å². The molecule has 46 heavy (non-hydrogen) atoms. The van der Waals surface area contributed by atoms with Gasteiger partial charge in [0, 0.05) is 86.1 Å². The Morgan fingerprint density at radius 3 is 1.26 bits per heavy atom. The number of rotatable bonds is 23. The molecule has 274 valence electrons. The average molecular weight is 662 g/mol. The Labute approximate surface area is 277 Å². The van der Waals surface area contributed by atoms with E-state index in [-0.39, 0.29) is 28.0 Å². The molecule has 0 aromatic carbocycles. The van der Waals surface area contributed by atoms with E-state index in [9.17, 15) is 20.2 Å². The second-order valence-electron chi connectivity index (χ2n) is 13.2. The zero-order valence-corrected chi connectivity index (χ0v) is 28.9. The summed E-state index contributed by atoms with van der Waals surface area (Å²) in [6.07, 6.45) is 14.2. The smallest absolute Gasteiger partial charge is 0.226 e. The molecule has 0 aliphatic carbocycles. The highest BCUT2D eigenvalue weighted by molar-refractivity contribution is 5.08. The lowest BCUT2D eigenvalue weighted by molar-refractivity contribution is -0.588. The van der Waals surface area contributed by atoms with Gasteiger partial charge in [0.05, 0.1) is 0 Å². The predicted molar refractivity (Wildman–Crippen MR) is 188 cm³/mol. The van der Waals surface area contributed by atoms with Crippen molar-refractivity contribution in [3.63, 3.8) is 0 Å². The highest BCUT2D eigenvalue weighted by atomic mass is 16.6. The van der Waals surface area contributed by atoms with Gasteiger partial charge in [-0.1, -0.05) is 26.2 Å². The first kappa shape index (κ1) is 44.4. The summed E-state index contributed by atoms with van der Waals surface area (Å²) in [4.78, 5) is 24.5. The minimum Gasteiger partial charge on any atom is -0.330 e. The van der Waals surface area contributed by atoms with Gasteiger partial charge in [0.1, 0.15) is 0 Å². The van der Waals surface area contributed by atoms with Gasteiger partial charge in [0.15, 0.2) is 0 Å². The zero-order chi connectivity index (χ0) is 35.0. The molecule has 0 amide bonds. The Hall–Kier alpha value is -1.56. The fourth-order valence-electron chi connectivity index (χ4n) is 7.30. The van der Waals surface area contributed by atoms with E-state index in [1.165, 1.54) is 44.9 Å². The van der Waals surface area contributed by atoms with E-state index >= 15 is 0 Å². The predicted octanol–water partition coefficient (Wildman–Crippen LogP) is 0.972. The van der Waals surface area contributed by atoms with Crippen LogP contribution in [0.2, 0.25) is 0 Å². The summed E-state index contributed by atoms with van der Waals surface area (Å²) in [7, 11) is 0. The number of nitro groups is 2. The van der Waals surface area contributed by atoms with Gasteiger partial charge in [-0.25, -0.2) is 0 Å². The van der Waals surface area contributed by atoms with Gasteiger partial charge < -0.3 is 45.9 Å². The summed E-state index contributed by atoms with van der Waals surface area (Å²) in [5.74, 6) is 0.882. The average Bonchev–Trinajstić information content (AvgIpc) is 3.07. The molecule has 3 rings (SSSR count). The van der Waals surface area contributed by atoms with E-state index in [4.69, 9.17) is 45.9 Å². The third-order valence-electron chi connectivity index (χ3n) is 9.84. The minimum atomic E-state index is -0.863. The van der Waals surface area contributed by atoms with Gasteiger partial charge in [-0.15, -0.1) is 0 Å². The second-order valence-corrected chi connectivity index (χ2v) is 13.2. The van der Waals surface area contributed by atoms with Crippen molar-refractivity contribution in [1.29, 1.82) is 0 Å². The number of piperidine rings is 3. The molecule has 3 aliphatic heterocycles. The van der Waals surface area contributed by atoms with Crippen molar-refractivity contribution in [1.82, 2.24) is 4.90 Å². The van der Waals surface area contributed by atoms with Crippen molar-refractivity contribution in [3.8, 4) is 0 Å². The lowest BCUT2D eigenvalue weighted by Crippen LogP contribution is -2.72. The van der Waals surface area contributed by atoms with Crippen LogP contribution in [0.4, 0.5) is 0 Å². The molecule has 0 aromatic heterocycles. The number of nitrogens with zero attached hydrogens (tertiary/aromatic N) is 3. The van der Waals surface area contributed by atoms with Gasteiger partial charge in [-0.3, -0.25) is 25.1 Å². The Morgan fingerprint density at radius 1 is 0.652 bits per heavy atom. The minimum absolute atomic E-state index is 0.0463. The van der Waals surface area contributed by atoms with Crippen LogP contribution in [0.25, 0.3) is 0 Å². The van der Waals surface area contributed by atoms with E-state index in [1.807, 2.05) is 0 Å². The van der Waals surface area contributed by atoms with Crippen LogP contribution in [0.1, 0.15) is 110 Å². The topological polar surface area (TPSA) is 298 Å². The maximum atomic E-state index is 11.4. The number of hydrogen-bond acceptors (Lipinski definition) is 13. The summed E-state index contributed by atoms with van der Waals surface area (Å²) < 4.78 is 0. The molecule has 15 nitrogen and oxygen atoms in total. The zero-order valence-electron chi connectivity index (χ0n) is 28.9. The summed E-state index contributed by atoms with van der Waals surface area (Å²) in [6, 6.07) is 0.139. The van der Waals surface area contributed by atoms with Gasteiger partial charge in [0.2, 0.25) is 11.1 Å². The SMILES string of the molecule is CCCCC(CCCN)CCCN.NCC1CC2([N+](=O)[O-])CC(CN)N1[C@@H](CN)C2.NCCCC(CCCN)(CCCN)[N+](=O)[O-]. The summed E-state index contributed by atoms with van der Waals surface area (Å²) in [6.45, 7) is 6.69. The van der Waals surface area contributed by atoms with Gasteiger partial charge in [-0.2, -0.15) is 0 Å². The Bertz CT molecular complexity index is 719. The molecule has 3 saturated heterocycles. The molecule has 2 unspecified atom stereocenters. The number of hydrogen-bond donors (Lipinski definition) is 8. The second kappa shape index (κ2) is 25.5. The molecule has 3 aliphatic rings. The number of nitrogens with two attached hydrogens (primary N) is 8. The van der Waals surface area contributed by atoms with Crippen molar-refractivity contribution >= 4 is 0 Å². The fraction of sp³-hybridized carbons (Fsp3) is 1.00. The maximum Gasteiger partial charge on any atom is 0.226 e. The van der Waals surface area contributed by atoms with Crippen LogP contribution < -0.4 is 45.9 Å². The summed E-state index contributed by atoms with van der Waals surface area (Å²) >= 11 is 0. The van der Waals surface area contributed by atoms with E-state index in [1.54, 1.807) is 0 Å². The molecule has 0 saturated carbocycles. The normalized spacial score (nSPS) is 23.8. The van der Waals surface area contributed by atoms with E-state index in [0.29, 0.717) is 97.1 Å². The molecule has 3 atom stereocenters. The van der Waals surface area contributed by atoms with E-state index in [2.05, 4.69) is 11.8 Å². The van der Waals surface area contributed by atoms with Crippen LogP contribution >= 0.6 is 0 Å². The number of fused-ring (bicyclic) bond motifs is 3. The molecule has 2 bridgehead atoms. The quantitative estimate of drug-likeness (QED) is 0.0560. The van der Waals surface area contributed by atoms with Crippen LogP contribution in [0.15, 0.2) is 0 Å². The Kier molecular flexibility index (Phi) is 24.6. The molecule has 3 fully saturated rings. The van der Waals surface area contributed by atoms with Crippen molar-refractivity contribution in [2.24, 2.45) is 51.8 Å². The lowest BCUT2D eigenvalue weighted by Gasteiger charge is -2.55. The Balaban J connectivity index is 0.000000668. The first-order valence-corrected chi connectivity index (χ1v) is 17.7. The first-order valence-electron chi connectivity index (χ1n) is 17.7.